The van der Waals surface area contributed by atoms with Crippen LogP contribution < -0.4 is 24.9 Å². The minimum atomic E-state index is -0.508. The Kier molecular flexibility index (Phi) is 10.3. The standard InChI is InChI=1S/C26H29ClN4O5S/c1-17(32)28-12-4-14-31-22(25(34)29-13-11-18-5-7-19(27)8-6-18)16-37-26(31)30-24(33)21-10-9-20(35-2)15-23(21)36-3/h5-10,15-16H,4,11-14H2,1-3H3,(H,28,32)(H,29,34). The Hall–Kier alpha value is -3.63. The lowest BCUT2D eigenvalue weighted by Gasteiger charge is -2.10. The molecule has 0 radical (unpaired) electrons. The number of carbonyl (C=O) groups is 3. The fourth-order valence-corrected chi connectivity index (χ4v) is 4.53. The number of carbonyl (C=O) groups excluding carboxylic acids is 3. The molecule has 0 aliphatic rings. The number of thiazole rings is 1. The number of ether oxygens (including phenoxy) is 2. The fourth-order valence-electron chi connectivity index (χ4n) is 3.50. The number of hydrogen-bond acceptors (Lipinski definition) is 6. The maximum atomic E-state index is 13.0. The van der Waals surface area contributed by atoms with Gasteiger partial charge in [0.1, 0.15) is 17.2 Å². The zero-order chi connectivity index (χ0) is 26.8. The lowest BCUT2D eigenvalue weighted by atomic mass is 10.1. The van der Waals surface area contributed by atoms with Crippen LogP contribution in [0.3, 0.4) is 0 Å². The Morgan fingerprint density at radius 3 is 2.46 bits per heavy atom. The van der Waals surface area contributed by atoms with Crippen molar-refractivity contribution in [3.63, 3.8) is 0 Å². The quantitative estimate of drug-likeness (QED) is 0.359. The minimum absolute atomic E-state index is 0.137. The van der Waals surface area contributed by atoms with Crippen molar-refractivity contribution in [2.75, 3.05) is 27.3 Å². The maximum absolute atomic E-state index is 13.0. The number of benzene rings is 2. The molecule has 1 heterocycles. The van der Waals surface area contributed by atoms with Crippen molar-refractivity contribution in [2.24, 2.45) is 4.99 Å². The molecule has 37 heavy (non-hydrogen) atoms. The number of rotatable bonds is 11. The lowest BCUT2D eigenvalue weighted by Crippen LogP contribution is -2.31. The summed E-state index contributed by atoms with van der Waals surface area (Å²) in [4.78, 5) is 41.9. The van der Waals surface area contributed by atoms with Gasteiger partial charge in [-0.25, -0.2) is 0 Å². The number of nitrogens with one attached hydrogen (secondary N) is 2. The molecule has 3 amide bonds. The van der Waals surface area contributed by atoms with E-state index in [1.165, 1.54) is 32.5 Å². The van der Waals surface area contributed by atoms with Crippen molar-refractivity contribution >= 4 is 40.7 Å². The molecule has 0 spiro atoms. The lowest BCUT2D eigenvalue weighted by molar-refractivity contribution is -0.118. The molecule has 0 fully saturated rings. The second-order valence-corrected chi connectivity index (χ2v) is 9.28. The Bertz CT molecular complexity index is 1320. The first-order chi connectivity index (χ1) is 17.8. The van der Waals surface area contributed by atoms with Gasteiger partial charge in [-0.1, -0.05) is 23.7 Å². The van der Waals surface area contributed by atoms with E-state index in [4.69, 9.17) is 21.1 Å². The van der Waals surface area contributed by atoms with E-state index in [-0.39, 0.29) is 17.4 Å². The first-order valence-electron chi connectivity index (χ1n) is 11.6. The Morgan fingerprint density at radius 1 is 1.03 bits per heavy atom. The van der Waals surface area contributed by atoms with Crippen LogP contribution in [0.4, 0.5) is 0 Å². The summed E-state index contributed by atoms with van der Waals surface area (Å²) in [7, 11) is 2.99. The highest BCUT2D eigenvalue weighted by Crippen LogP contribution is 2.25. The Labute approximate surface area is 224 Å². The molecule has 3 aromatic rings. The summed E-state index contributed by atoms with van der Waals surface area (Å²) in [5.41, 5.74) is 1.71. The third-order valence-electron chi connectivity index (χ3n) is 5.41. The summed E-state index contributed by atoms with van der Waals surface area (Å²) < 4.78 is 12.2. The van der Waals surface area contributed by atoms with E-state index < -0.39 is 5.91 Å². The smallest absolute Gasteiger partial charge is 0.283 e. The zero-order valence-corrected chi connectivity index (χ0v) is 22.4. The summed E-state index contributed by atoms with van der Waals surface area (Å²) in [6, 6.07) is 12.3. The van der Waals surface area contributed by atoms with Crippen LogP contribution in [-0.2, 0) is 17.8 Å². The molecule has 0 aliphatic carbocycles. The van der Waals surface area contributed by atoms with Crippen LogP contribution in [0.1, 0.15) is 39.8 Å². The van der Waals surface area contributed by atoms with E-state index in [0.717, 1.165) is 5.56 Å². The van der Waals surface area contributed by atoms with Gasteiger partial charge >= 0.3 is 0 Å². The topological polar surface area (TPSA) is 111 Å². The van der Waals surface area contributed by atoms with Crippen LogP contribution in [0.25, 0.3) is 0 Å². The zero-order valence-electron chi connectivity index (χ0n) is 20.9. The van der Waals surface area contributed by atoms with Gasteiger partial charge < -0.3 is 24.7 Å². The molecule has 0 atom stereocenters. The highest BCUT2D eigenvalue weighted by molar-refractivity contribution is 7.07. The van der Waals surface area contributed by atoms with Gasteiger partial charge in [0, 0.05) is 43.0 Å². The fraction of sp³-hybridized carbons (Fsp3) is 0.308. The molecule has 9 nitrogen and oxygen atoms in total. The summed E-state index contributed by atoms with van der Waals surface area (Å²) >= 11 is 7.12. The molecule has 196 valence electrons. The second-order valence-electron chi connectivity index (χ2n) is 8.01. The van der Waals surface area contributed by atoms with Crippen molar-refractivity contribution in [1.82, 2.24) is 15.2 Å². The molecular weight excluding hydrogens is 516 g/mol. The van der Waals surface area contributed by atoms with Crippen molar-refractivity contribution in [1.29, 1.82) is 0 Å². The molecule has 2 N–H and O–H groups in total. The number of nitrogens with zero attached hydrogens (tertiary/aromatic N) is 2. The van der Waals surface area contributed by atoms with Gasteiger partial charge in [0.05, 0.1) is 19.8 Å². The molecule has 1 aromatic heterocycles. The minimum Gasteiger partial charge on any atom is -0.497 e. The summed E-state index contributed by atoms with van der Waals surface area (Å²) in [6.45, 7) is 2.68. The van der Waals surface area contributed by atoms with Crippen molar-refractivity contribution < 1.29 is 23.9 Å². The first-order valence-corrected chi connectivity index (χ1v) is 12.8. The van der Waals surface area contributed by atoms with Crippen LogP contribution in [0, 0.1) is 0 Å². The van der Waals surface area contributed by atoms with Crippen LogP contribution >= 0.6 is 22.9 Å². The SMILES string of the molecule is COc1ccc(C(=O)N=c2scc(C(=O)NCCc3ccc(Cl)cc3)n2CCCNC(C)=O)c(OC)c1. The van der Waals surface area contributed by atoms with Gasteiger partial charge in [0.2, 0.25) is 5.91 Å². The summed E-state index contributed by atoms with van der Waals surface area (Å²) in [5.74, 6) is -0.0355. The molecule has 0 aliphatic heterocycles. The summed E-state index contributed by atoms with van der Waals surface area (Å²) in [5, 5.41) is 8.00. The van der Waals surface area contributed by atoms with Crippen LogP contribution in [-0.4, -0.2) is 49.6 Å². The van der Waals surface area contributed by atoms with Crippen LogP contribution in [0.2, 0.25) is 5.02 Å². The first kappa shape index (κ1) is 27.9. The molecule has 3 rings (SSSR count). The van der Waals surface area contributed by atoms with Gasteiger partial charge in [-0.3, -0.25) is 14.4 Å². The maximum Gasteiger partial charge on any atom is 0.283 e. The van der Waals surface area contributed by atoms with Crippen molar-refractivity contribution in [2.45, 2.75) is 26.3 Å². The number of hydrogen-bond donors (Lipinski definition) is 2. The largest absolute Gasteiger partial charge is 0.497 e. The number of amides is 3. The molecule has 0 saturated heterocycles. The van der Waals surface area contributed by atoms with Gasteiger partial charge in [0.15, 0.2) is 4.80 Å². The monoisotopic (exact) mass is 544 g/mol. The third kappa shape index (κ3) is 7.93. The number of methoxy groups -OCH3 is 2. The van der Waals surface area contributed by atoms with Crippen molar-refractivity contribution in [3.8, 4) is 11.5 Å². The molecule has 0 saturated carbocycles. The number of halogens is 1. The molecule has 11 heteroatoms. The normalized spacial score (nSPS) is 11.2. The molecule has 2 aromatic carbocycles. The van der Waals surface area contributed by atoms with E-state index in [1.54, 1.807) is 28.1 Å². The van der Waals surface area contributed by atoms with E-state index in [9.17, 15) is 14.4 Å². The van der Waals surface area contributed by atoms with E-state index in [2.05, 4.69) is 15.6 Å². The average Bonchev–Trinajstić information content (AvgIpc) is 3.29. The van der Waals surface area contributed by atoms with E-state index in [0.29, 0.717) is 59.5 Å². The Balaban J connectivity index is 1.82. The number of aromatic nitrogens is 1. The third-order valence-corrected chi connectivity index (χ3v) is 6.53. The predicted molar refractivity (Wildman–Crippen MR) is 143 cm³/mol. The molecular formula is C26H29ClN4O5S. The predicted octanol–water partition coefficient (Wildman–Crippen LogP) is 3.46. The second kappa shape index (κ2) is 13.6. The highest BCUT2D eigenvalue weighted by Gasteiger charge is 2.17. The van der Waals surface area contributed by atoms with Crippen molar-refractivity contribution in [3.05, 3.63) is 74.5 Å². The van der Waals surface area contributed by atoms with Gasteiger partial charge in [0.25, 0.3) is 11.8 Å². The van der Waals surface area contributed by atoms with E-state index in [1.807, 2.05) is 24.3 Å². The molecule has 0 bridgehead atoms. The van der Waals surface area contributed by atoms with Crippen LogP contribution in [0.5, 0.6) is 11.5 Å². The highest BCUT2D eigenvalue weighted by atomic mass is 35.5. The van der Waals surface area contributed by atoms with E-state index >= 15 is 0 Å². The van der Waals surface area contributed by atoms with Gasteiger partial charge in [-0.15, -0.1) is 11.3 Å². The van der Waals surface area contributed by atoms with Gasteiger partial charge in [-0.05, 0) is 42.7 Å². The van der Waals surface area contributed by atoms with Gasteiger partial charge in [-0.2, -0.15) is 4.99 Å². The average molecular weight is 545 g/mol. The molecule has 0 unspecified atom stereocenters. The summed E-state index contributed by atoms with van der Waals surface area (Å²) in [6.07, 6.45) is 1.19. The van der Waals surface area contributed by atoms with Crippen LogP contribution in [0.15, 0.2) is 52.8 Å². The Morgan fingerprint density at radius 2 is 1.78 bits per heavy atom.